The molecule has 0 atom stereocenters. The molecule has 0 radical (unpaired) electrons. The Hall–Kier alpha value is -1.90. The van der Waals surface area contributed by atoms with Gasteiger partial charge in [0.2, 0.25) is 5.13 Å². The molecule has 3 rings (SSSR count). The van der Waals surface area contributed by atoms with Gasteiger partial charge in [0.1, 0.15) is 5.75 Å². The van der Waals surface area contributed by atoms with E-state index in [2.05, 4.69) is 27.0 Å². The highest BCUT2D eigenvalue weighted by molar-refractivity contribution is 8.00. The van der Waals surface area contributed by atoms with Gasteiger partial charge in [0, 0.05) is 10.6 Å². The normalized spacial score (nSPS) is 10.5. The topological polar surface area (TPSA) is 64.1 Å². The van der Waals surface area contributed by atoms with Crippen molar-refractivity contribution < 1.29 is 9.53 Å². The summed E-state index contributed by atoms with van der Waals surface area (Å²) in [6, 6.07) is 11.7. The van der Waals surface area contributed by atoms with Crippen molar-refractivity contribution in [3.63, 3.8) is 0 Å². The first-order valence-electron chi connectivity index (χ1n) is 7.17. The van der Waals surface area contributed by atoms with E-state index in [1.807, 2.05) is 37.3 Å². The molecule has 0 bridgehead atoms. The second-order valence-corrected chi connectivity index (χ2v) is 8.13. The lowest BCUT2D eigenvalue weighted by molar-refractivity contribution is -0.118. The van der Waals surface area contributed by atoms with Gasteiger partial charge < -0.3 is 4.74 Å². The van der Waals surface area contributed by atoms with Gasteiger partial charge in [0.25, 0.3) is 5.91 Å². The molecular formula is C16H15N3O2S3. The number of carbonyl (C=O) groups is 1. The predicted octanol–water partition coefficient (Wildman–Crippen LogP) is 4.22. The number of ether oxygens (including phenoxy) is 1. The molecule has 0 fully saturated rings. The molecule has 0 saturated carbocycles. The Morgan fingerprint density at radius 3 is 3.00 bits per heavy atom. The van der Waals surface area contributed by atoms with Gasteiger partial charge in [-0.05, 0) is 36.1 Å². The second-order valence-electron chi connectivity index (χ2n) is 4.89. The molecule has 3 aromatic rings. The number of nitrogens with zero attached hydrogens (tertiary/aromatic N) is 2. The van der Waals surface area contributed by atoms with Crippen molar-refractivity contribution in [2.75, 3.05) is 11.9 Å². The summed E-state index contributed by atoms with van der Waals surface area (Å²) in [5, 5.41) is 13.3. The van der Waals surface area contributed by atoms with Crippen LogP contribution in [-0.4, -0.2) is 22.7 Å². The Morgan fingerprint density at radius 1 is 1.29 bits per heavy atom. The Morgan fingerprint density at radius 2 is 2.21 bits per heavy atom. The number of aromatic nitrogens is 2. The number of amides is 1. The van der Waals surface area contributed by atoms with E-state index in [1.54, 1.807) is 23.1 Å². The molecule has 0 saturated heterocycles. The second kappa shape index (κ2) is 8.27. The largest absolute Gasteiger partial charge is 0.484 e. The number of thiophene rings is 1. The number of nitrogens with one attached hydrogen (secondary N) is 1. The maximum absolute atomic E-state index is 11.9. The summed E-state index contributed by atoms with van der Waals surface area (Å²) in [5.41, 5.74) is 1.09. The van der Waals surface area contributed by atoms with Crippen LogP contribution in [0.2, 0.25) is 0 Å². The number of carbonyl (C=O) groups excluding carboxylic acids is 1. The molecule has 1 aromatic carbocycles. The van der Waals surface area contributed by atoms with Crippen LogP contribution < -0.4 is 10.1 Å². The Bertz CT molecular complexity index is 803. The maximum atomic E-state index is 11.9. The summed E-state index contributed by atoms with van der Waals surface area (Å²) < 4.78 is 6.30. The van der Waals surface area contributed by atoms with Crippen molar-refractivity contribution in [2.45, 2.75) is 17.0 Å². The first-order valence-corrected chi connectivity index (χ1v) is 9.85. The first-order chi connectivity index (χ1) is 11.7. The monoisotopic (exact) mass is 377 g/mol. The zero-order valence-corrected chi connectivity index (χ0v) is 15.3. The predicted molar refractivity (Wildman–Crippen MR) is 99.1 cm³/mol. The molecular weight excluding hydrogens is 362 g/mol. The molecule has 2 aromatic heterocycles. The maximum Gasteiger partial charge on any atom is 0.264 e. The molecule has 0 spiro atoms. The zero-order chi connectivity index (χ0) is 16.8. The minimum Gasteiger partial charge on any atom is -0.484 e. The minimum absolute atomic E-state index is 0.0549. The van der Waals surface area contributed by atoms with Crippen molar-refractivity contribution in [2.24, 2.45) is 0 Å². The zero-order valence-electron chi connectivity index (χ0n) is 12.9. The lowest BCUT2D eigenvalue weighted by Crippen LogP contribution is -2.20. The van der Waals surface area contributed by atoms with E-state index < -0.39 is 0 Å². The van der Waals surface area contributed by atoms with Gasteiger partial charge in [-0.3, -0.25) is 10.1 Å². The SMILES string of the molecule is Cc1cccc(OCC(=O)Nc2nnc(SCc3cccs3)s2)c1. The molecule has 1 amide bonds. The molecule has 0 aliphatic rings. The molecule has 8 heteroatoms. The number of aryl methyl sites for hydroxylation is 1. The molecule has 2 heterocycles. The number of anilines is 1. The average molecular weight is 378 g/mol. The summed E-state index contributed by atoms with van der Waals surface area (Å²) in [5.74, 6) is 1.29. The van der Waals surface area contributed by atoms with E-state index >= 15 is 0 Å². The van der Waals surface area contributed by atoms with Crippen LogP contribution in [0.15, 0.2) is 46.1 Å². The summed E-state index contributed by atoms with van der Waals surface area (Å²) in [6.45, 7) is 1.92. The van der Waals surface area contributed by atoms with E-state index in [0.717, 1.165) is 15.7 Å². The Labute approximate surface area is 152 Å². The van der Waals surface area contributed by atoms with Gasteiger partial charge >= 0.3 is 0 Å². The fraction of sp³-hybridized carbons (Fsp3) is 0.188. The van der Waals surface area contributed by atoms with Crippen molar-refractivity contribution >= 4 is 45.5 Å². The molecule has 5 nitrogen and oxygen atoms in total. The Balaban J connectivity index is 1.46. The van der Waals surface area contributed by atoms with Gasteiger partial charge in [-0.25, -0.2) is 0 Å². The van der Waals surface area contributed by atoms with Crippen molar-refractivity contribution in [3.8, 4) is 5.75 Å². The number of benzene rings is 1. The molecule has 0 unspecified atom stereocenters. The van der Waals surface area contributed by atoms with Crippen LogP contribution in [-0.2, 0) is 10.5 Å². The van der Waals surface area contributed by atoms with E-state index in [0.29, 0.717) is 10.9 Å². The van der Waals surface area contributed by atoms with E-state index in [-0.39, 0.29) is 12.5 Å². The van der Waals surface area contributed by atoms with Crippen molar-refractivity contribution in [1.29, 1.82) is 0 Å². The van der Waals surface area contributed by atoms with Gasteiger partial charge in [-0.2, -0.15) is 0 Å². The van der Waals surface area contributed by atoms with Crippen molar-refractivity contribution in [1.82, 2.24) is 10.2 Å². The molecule has 0 aliphatic heterocycles. The number of thioether (sulfide) groups is 1. The fourth-order valence-corrected chi connectivity index (χ4v) is 4.40. The van der Waals surface area contributed by atoms with Crippen LogP contribution in [0.1, 0.15) is 10.4 Å². The summed E-state index contributed by atoms with van der Waals surface area (Å²) >= 11 is 4.69. The number of hydrogen-bond acceptors (Lipinski definition) is 7. The van der Waals surface area contributed by atoms with Crippen LogP contribution >= 0.6 is 34.4 Å². The third kappa shape index (κ3) is 5.05. The standard InChI is InChI=1S/C16H15N3O2S3/c1-11-4-2-5-12(8-11)21-9-14(20)17-15-18-19-16(24-15)23-10-13-6-3-7-22-13/h2-8H,9-10H2,1H3,(H,17,18,20). The first kappa shape index (κ1) is 16.9. The third-order valence-corrected chi connectivity index (χ3v) is 6.01. The molecule has 124 valence electrons. The van der Waals surface area contributed by atoms with Gasteiger partial charge in [-0.1, -0.05) is 41.3 Å². The highest BCUT2D eigenvalue weighted by Crippen LogP contribution is 2.29. The molecule has 0 aliphatic carbocycles. The van der Waals surface area contributed by atoms with Crippen LogP contribution in [0.5, 0.6) is 5.75 Å². The smallest absolute Gasteiger partial charge is 0.264 e. The van der Waals surface area contributed by atoms with Crippen LogP contribution in [0.25, 0.3) is 0 Å². The average Bonchev–Trinajstić information content (AvgIpc) is 3.23. The molecule has 1 N–H and O–H groups in total. The van der Waals surface area contributed by atoms with Gasteiger partial charge in [0.05, 0.1) is 0 Å². The quantitative estimate of drug-likeness (QED) is 0.493. The number of hydrogen-bond donors (Lipinski definition) is 1. The van der Waals surface area contributed by atoms with Gasteiger partial charge in [-0.15, -0.1) is 21.5 Å². The van der Waals surface area contributed by atoms with Gasteiger partial charge in [0.15, 0.2) is 10.9 Å². The highest BCUT2D eigenvalue weighted by Gasteiger charge is 2.10. The summed E-state index contributed by atoms with van der Waals surface area (Å²) in [7, 11) is 0. The molecule has 24 heavy (non-hydrogen) atoms. The van der Waals surface area contributed by atoms with E-state index in [9.17, 15) is 4.79 Å². The Kier molecular flexibility index (Phi) is 5.84. The van der Waals surface area contributed by atoms with E-state index in [4.69, 9.17) is 4.74 Å². The van der Waals surface area contributed by atoms with Crippen LogP contribution in [0.4, 0.5) is 5.13 Å². The number of rotatable bonds is 7. The minimum atomic E-state index is -0.248. The van der Waals surface area contributed by atoms with Crippen LogP contribution in [0, 0.1) is 6.92 Å². The fourth-order valence-electron chi connectivity index (χ4n) is 1.86. The third-order valence-electron chi connectivity index (χ3n) is 2.93. The summed E-state index contributed by atoms with van der Waals surface area (Å²) in [6.07, 6.45) is 0. The van der Waals surface area contributed by atoms with Crippen molar-refractivity contribution in [3.05, 3.63) is 52.2 Å². The summed E-state index contributed by atoms with van der Waals surface area (Å²) in [4.78, 5) is 13.2. The lowest BCUT2D eigenvalue weighted by Gasteiger charge is -2.05. The highest BCUT2D eigenvalue weighted by atomic mass is 32.2. The van der Waals surface area contributed by atoms with Crippen LogP contribution in [0.3, 0.4) is 0 Å². The lowest BCUT2D eigenvalue weighted by atomic mass is 10.2. The van der Waals surface area contributed by atoms with E-state index in [1.165, 1.54) is 16.2 Å².